The van der Waals surface area contributed by atoms with Crippen LogP contribution >= 0.6 is 11.3 Å². The van der Waals surface area contributed by atoms with E-state index in [4.69, 9.17) is 0 Å². The first-order valence-electron chi connectivity index (χ1n) is 7.54. The predicted octanol–water partition coefficient (Wildman–Crippen LogP) is 4.71. The molecule has 0 saturated carbocycles. The Morgan fingerprint density at radius 1 is 1.12 bits per heavy atom. The second-order valence-electron chi connectivity index (χ2n) is 5.51. The van der Waals surface area contributed by atoms with Gasteiger partial charge < -0.3 is 0 Å². The highest BCUT2D eigenvalue weighted by Gasteiger charge is 2.30. The van der Waals surface area contributed by atoms with E-state index in [1.165, 1.54) is 34.3 Å². The first-order valence-corrected chi connectivity index (χ1v) is 8.42. The van der Waals surface area contributed by atoms with Gasteiger partial charge in [0.05, 0.1) is 27.9 Å². The van der Waals surface area contributed by atoms with Gasteiger partial charge in [0, 0.05) is 11.8 Å². The van der Waals surface area contributed by atoms with Crippen LogP contribution in [0.1, 0.15) is 20.8 Å². The van der Waals surface area contributed by atoms with Gasteiger partial charge in [0.2, 0.25) is 5.78 Å². The van der Waals surface area contributed by atoms with Gasteiger partial charge in [-0.25, -0.2) is 9.50 Å². The molecule has 26 heavy (non-hydrogen) atoms. The number of alkyl halides is 3. The number of fused-ring (bicyclic) bond motifs is 1. The number of carbonyl (C=O) groups is 1. The molecule has 0 bridgehead atoms. The summed E-state index contributed by atoms with van der Waals surface area (Å²) in [5.41, 5.74) is 0.623. The molecule has 130 valence electrons. The van der Waals surface area contributed by atoms with E-state index in [0.29, 0.717) is 27.3 Å². The molecule has 3 aromatic heterocycles. The molecule has 0 radical (unpaired) electrons. The number of halogens is 3. The van der Waals surface area contributed by atoms with E-state index in [1.54, 1.807) is 29.6 Å². The number of hydrogen-bond donors (Lipinski definition) is 0. The fraction of sp³-hybridized carbons (Fsp3) is 0.0556. The Kier molecular flexibility index (Phi) is 3.84. The summed E-state index contributed by atoms with van der Waals surface area (Å²) in [6.45, 7) is 0. The van der Waals surface area contributed by atoms with E-state index in [2.05, 4.69) is 10.1 Å². The fourth-order valence-corrected chi connectivity index (χ4v) is 3.34. The summed E-state index contributed by atoms with van der Waals surface area (Å²) in [6.07, 6.45) is -1.59. The number of benzene rings is 1. The Labute approximate surface area is 149 Å². The van der Waals surface area contributed by atoms with Gasteiger partial charge in [-0.05, 0) is 29.6 Å². The van der Waals surface area contributed by atoms with E-state index in [-0.39, 0.29) is 5.78 Å². The number of aromatic nitrogens is 3. The lowest BCUT2D eigenvalue weighted by Gasteiger charge is -2.09. The van der Waals surface area contributed by atoms with Crippen LogP contribution in [0.2, 0.25) is 0 Å². The third-order valence-electron chi connectivity index (χ3n) is 3.88. The lowest BCUT2D eigenvalue weighted by atomic mass is 10.1. The predicted molar refractivity (Wildman–Crippen MR) is 91.2 cm³/mol. The molecule has 0 aliphatic rings. The number of carbonyl (C=O) groups excluding carboxylic acids is 1. The molecule has 3 heterocycles. The van der Waals surface area contributed by atoms with Gasteiger partial charge in [-0.1, -0.05) is 18.2 Å². The molecule has 0 spiro atoms. The Balaban J connectivity index is 1.85. The standard InChI is InChI=1S/C18H10F3N3OS/c19-18(20,21)12-4-1-3-11(9-12)14-6-7-22-17-13(10-23-24(14)17)16(25)15-5-2-8-26-15/h1-10H. The van der Waals surface area contributed by atoms with E-state index >= 15 is 0 Å². The normalized spacial score (nSPS) is 11.8. The molecule has 1 aromatic carbocycles. The minimum absolute atomic E-state index is 0.219. The highest BCUT2D eigenvalue weighted by atomic mass is 32.1. The number of nitrogens with zero attached hydrogens (tertiary/aromatic N) is 3. The van der Waals surface area contributed by atoms with Gasteiger partial charge in [0.25, 0.3) is 0 Å². The van der Waals surface area contributed by atoms with Crippen molar-refractivity contribution in [1.82, 2.24) is 14.6 Å². The first-order chi connectivity index (χ1) is 12.4. The van der Waals surface area contributed by atoms with Gasteiger partial charge in [0.15, 0.2) is 5.65 Å². The monoisotopic (exact) mass is 373 g/mol. The molecule has 8 heteroatoms. The third kappa shape index (κ3) is 2.78. The third-order valence-corrected chi connectivity index (χ3v) is 4.75. The average Bonchev–Trinajstić information content (AvgIpc) is 3.30. The quantitative estimate of drug-likeness (QED) is 0.489. The average molecular weight is 373 g/mol. The van der Waals surface area contributed by atoms with Crippen molar-refractivity contribution in [3.63, 3.8) is 0 Å². The molecular weight excluding hydrogens is 363 g/mol. The van der Waals surface area contributed by atoms with E-state index in [0.717, 1.165) is 12.1 Å². The zero-order valence-corrected chi connectivity index (χ0v) is 13.9. The van der Waals surface area contributed by atoms with Crippen LogP contribution in [-0.2, 0) is 6.18 Å². The summed E-state index contributed by atoms with van der Waals surface area (Å²) in [5, 5.41) is 5.97. The van der Waals surface area contributed by atoms with Crippen molar-refractivity contribution in [1.29, 1.82) is 0 Å². The van der Waals surface area contributed by atoms with E-state index in [1.807, 2.05) is 0 Å². The van der Waals surface area contributed by atoms with Crippen molar-refractivity contribution >= 4 is 22.8 Å². The molecule has 0 atom stereocenters. The summed E-state index contributed by atoms with van der Waals surface area (Å²) in [5.74, 6) is -0.219. The Morgan fingerprint density at radius 2 is 1.96 bits per heavy atom. The molecule has 0 unspecified atom stereocenters. The molecule has 4 aromatic rings. The van der Waals surface area contributed by atoms with Crippen LogP contribution in [0.15, 0.2) is 60.2 Å². The maximum absolute atomic E-state index is 13.0. The molecule has 0 amide bonds. The lowest BCUT2D eigenvalue weighted by molar-refractivity contribution is -0.137. The summed E-state index contributed by atoms with van der Waals surface area (Å²) < 4.78 is 40.3. The van der Waals surface area contributed by atoms with Gasteiger partial charge in [-0.15, -0.1) is 11.3 Å². The van der Waals surface area contributed by atoms with Crippen LogP contribution in [-0.4, -0.2) is 20.4 Å². The van der Waals surface area contributed by atoms with Gasteiger partial charge in [-0.2, -0.15) is 18.3 Å². The van der Waals surface area contributed by atoms with Crippen LogP contribution in [0.4, 0.5) is 13.2 Å². The molecule has 0 aliphatic carbocycles. The highest BCUT2D eigenvalue weighted by molar-refractivity contribution is 7.12. The van der Waals surface area contributed by atoms with Crippen molar-refractivity contribution in [3.05, 3.63) is 76.2 Å². The summed E-state index contributed by atoms with van der Waals surface area (Å²) in [7, 11) is 0. The van der Waals surface area contributed by atoms with Crippen LogP contribution in [0.5, 0.6) is 0 Å². The maximum atomic E-state index is 13.0. The van der Waals surface area contributed by atoms with Gasteiger partial charge >= 0.3 is 6.18 Å². The van der Waals surface area contributed by atoms with Crippen LogP contribution < -0.4 is 0 Å². The van der Waals surface area contributed by atoms with Crippen molar-refractivity contribution in [2.75, 3.05) is 0 Å². The Bertz CT molecular complexity index is 1100. The summed E-state index contributed by atoms with van der Waals surface area (Å²) >= 11 is 1.30. The molecule has 4 nitrogen and oxygen atoms in total. The van der Waals surface area contributed by atoms with Crippen molar-refractivity contribution in [3.8, 4) is 11.3 Å². The van der Waals surface area contributed by atoms with Crippen molar-refractivity contribution < 1.29 is 18.0 Å². The summed E-state index contributed by atoms with van der Waals surface area (Å²) in [6, 6.07) is 10.00. The van der Waals surface area contributed by atoms with Crippen LogP contribution in [0.25, 0.3) is 16.9 Å². The second-order valence-corrected chi connectivity index (χ2v) is 6.46. The SMILES string of the molecule is O=C(c1cccs1)c1cnn2c(-c3cccc(C(F)(F)F)c3)ccnc12. The Hall–Kier alpha value is -3.00. The minimum atomic E-state index is -4.44. The molecule has 0 N–H and O–H groups in total. The van der Waals surface area contributed by atoms with Crippen LogP contribution in [0, 0.1) is 0 Å². The molecule has 0 fully saturated rings. The highest BCUT2D eigenvalue weighted by Crippen LogP contribution is 2.32. The van der Waals surface area contributed by atoms with Crippen LogP contribution in [0.3, 0.4) is 0 Å². The maximum Gasteiger partial charge on any atom is 0.416 e. The number of thiophene rings is 1. The van der Waals surface area contributed by atoms with Gasteiger partial charge in [-0.3, -0.25) is 4.79 Å². The van der Waals surface area contributed by atoms with Gasteiger partial charge in [0.1, 0.15) is 0 Å². The second kappa shape index (κ2) is 6.06. The van der Waals surface area contributed by atoms with Crippen molar-refractivity contribution in [2.24, 2.45) is 0 Å². The fourth-order valence-electron chi connectivity index (χ4n) is 2.67. The van der Waals surface area contributed by atoms with Crippen molar-refractivity contribution in [2.45, 2.75) is 6.18 Å². The largest absolute Gasteiger partial charge is 0.416 e. The zero-order valence-electron chi connectivity index (χ0n) is 13.1. The van der Waals surface area contributed by atoms with E-state index < -0.39 is 11.7 Å². The molecule has 0 aliphatic heterocycles. The minimum Gasteiger partial charge on any atom is -0.287 e. The number of rotatable bonds is 3. The molecule has 4 rings (SSSR count). The molecule has 0 saturated heterocycles. The number of hydrogen-bond acceptors (Lipinski definition) is 4. The molecular formula is C18H10F3N3OS. The smallest absolute Gasteiger partial charge is 0.287 e. The number of ketones is 1. The lowest BCUT2D eigenvalue weighted by Crippen LogP contribution is -2.05. The summed E-state index contributed by atoms with van der Waals surface area (Å²) in [4.78, 5) is 17.3. The Morgan fingerprint density at radius 3 is 2.69 bits per heavy atom. The first kappa shape index (κ1) is 16.5. The van der Waals surface area contributed by atoms with E-state index in [9.17, 15) is 18.0 Å². The topological polar surface area (TPSA) is 47.3 Å². The zero-order chi connectivity index (χ0) is 18.3.